The Morgan fingerprint density at radius 2 is 1.44 bits per heavy atom. The van der Waals surface area contributed by atoms with Crippen molar-refractivity contribution in [2.45, 2.75) is 13.8 Å². The Kier molecular flexibility index (Phi) is 4.81. The standard InChI is InChI=1S/C29H22N4O/c1-19-12-13-30-28(14-19)34-23-7-5-6-21(15-23)22-10-11-25-24-8-3-4-9-26(24)33(27(25)16-22)29-31-17-20(2)18-32-29/h3-18H,1-2H3. The average molecular weight is 443 g/mol. The van der Waals surface area contributed by atoms with Crippen LogP contribution in [0.25, 0.3) is 38.9 Å². The van der Waals surface area contributed by atoms with Crippen LogP contribution in [0.4, 0.5) is 0 Å². The van der Waals surface area contributed by atoms with Gasteiger partial charge in [-0.1, -0.05) is 42.5 Å². The Bertz CT molecular complexity index is 1650. The van der Waals surface area contributed by atoms with Crippen LogP contribution >= 0.6 is 0 Å². The first-order valence-corrected chi connectivity index (χ1v) is 11.2. The lowest BCUT2D eigenvalue weighted by molar-refractivity contribution is 0.462. The molecule has 0 N–H and O–H groups in total. The summed E-state index contributed by atoms with van der Waals surface area (Å²) < 4.78 is 8.15. The minimum Gasteiger partial charge on any atom is -0.439 e. The highest BCUT2D eigenvalue weighted by Gasteiger charge is 2.15. The predicted octanol–water partition coefficient (Wildman–Crippen LogP) is 7.04. The molecule has 0 bridgehead atoms. The van der Waals surface area contributed by atoms with Crippen LogP contribution in [0.1, 0.15) is 11.1 Å². The molecule has 5 nitrogen and oxygen atoms in total. The highest BCUT2D eigenvalue weighted by molar-refractivity contribution is 6.09. The first-order valence-electron chi connectivity index (χ1n) is 11.2. The van der Waals surface area contributed by atoms with Gasteiger partial charge in [0.15, 0.2) is 0 Å². The van der Waals surface area contributed by atoms with E-state index in [2.05, 4.69) is 62.0 Å². The van der Waals surface area contributed by atoms with Gasteiger partial charge in [0.1, 0.15) is 5.75 Å². The summed E-state index contributed by atoms with van der Waals surface area (Å²) in [5.74, 6) is 2.00. The van der Waals surface area contributed by atoms with Gasteiger partial charge in [-0.15, -0.1) is 0 Å². The van der Waals surface area contributed by atoms with E-state index in [4.69, 9.17) is 4.74 Å². The van der Waals surface area contributed by atoms with Gasteiger partial charge in [-0.3, -0.25) is 4.57 Å². The molecule has 0 amide bonds. The minimum atomic E-state index is 0.587. The molecule has 5 heteroatoms. The van der Waals surface area contributed by atoms with Crippen molar-refractivity contribution in [3.8, 4) is 28.7 Å². The number of nitrogens with zero attached hydrogens (tertiary/aromatic N) is 4. The zero-order valence-corrected chi connectivity index (χ0v) is 18.9. The summed E-state index contributed by atoms with van der Waals surface area (Å²) in [4.78, 5) is 13.5. The Morgan fingerprint density at radius 3 is 2.29 bits per heavy atom. The molecule has 3 heterocycles. The molecule has 34 heavy (non-hydrogen) atoms. The maximum Gasteiger partial charge on any atom is 0.234 e. The van der Waals surface area contributed by atoms with Crippen LogP contribution in [0.2, 0.25) is 0 Å². The number of ether oxygens (including phenoxy) is 1. The lowest BCUT2D eigenvalue weighted by Gasteiger charge is -2.09. The van der Waals surface area contributed by atoms with Crippen molar-refractivity contribution in [2.24, 2.45) is 0 Å². The fraction of sp³-hybridized carbons (Fsp3) is 0.0690. The van der Waals surface area contributed by atoms with Crippen molar-refractivity contribution < 1.29 is 4.74 Å². The summed E-state index contributed by atoms with van der Waals surface area (Å²) in [6.45, 7) is 4.02. The first-order chi connectivity index (χ1) is 16.7. The summed E-state index contributed by atoms with van der Waals surface area (Å²) in [7, 11) is 0. The maximum absolute atomic E-state index is 6.02. The third kappa shape index (κ3) is 3.57. The van der Waals surface area contributed by atoms with Crippen molar-refractivity contribution >= 4 is 21.8 Å². The van der Waals surface area contributed by atoms with Crippen LogP contribution in [0.5, 0.6) is 11.6 Å². The van der Waals surface area contributed by atoms with Crippen LogP contribution in [0, 0.1) is 13.8 Å². The van der Waals surface area contributed by atoms with Crippen molar-refractivity contribution in [3.63, 3.8) is 0 Å². The highest BCUT2D eigenvalue weighted by atomic mass is 16.5. The molecular weight excluding hydrogens is 420 g/mol. The lowest BCUT2D eigenvalue weighted by Crippen LogP contribution is -2.00. The predicted molar refractivity (Wildman–Crippen MR) is 136 cm³/mol. The molecule has 0 radical (unpaired) electrons. The van der Waals surface area contributed by atoms with E-state index in [0.29, 0.717) is 11.8 Å². The molecule has 164 valence electrons. The van der Waals surface area contributed by atoms with E-state index < -0.39 is 0 Å². The Hall–Kier alpha value is -4.51. The van der Waals surface area contributed by atoms with Gasteiger partial charge in [0.2, 0.25) is 11.8 Å². The van der Waals surface area contributed by atoms with Gasteiger partial charge < -0.3 is 4.74 Å². The molecule has 6 rings (SSSR count). The van der Waals surface area contributed by atoms with E-state index >= 15 is 0 Å². The summed E-state index contributed by atoms with van der Waals surface area (Å²) in [6, 6.07) is 26.9. The van der Waals surface area contributed by atoms with Crippen molar-refractivity contribution in [3.05, 3.63) is 109 Å². The number of hydrogen-bond donors (Lipinski definition) is 0. The van der Waals surface area contributed by atoms with Crippen molar-refractivity contribution in [2.75, 3.05) is 0 Å². The molecule has 0 saturated carbocycles. The smallest absolute Gasteiger partial charge is 0.234 e. The van der Waals surface area contributed by atoms with Crippen LogP contribution in [0.15, 0.2) is 97.5 Å². The molecule has 0 aliphatic rings. The lowest BCUT2D eigenvalue weighted by atomic mass is 10.0. The molecule has 0 fully saturated rings. The molecule has 0 unspecified atom stereocenters. The summed E-state index contributed by atoms with van der Waals surface area (Å²) >= 11 is 0. The molecule has 0 atom stereocenters. The largest absolute Gasteiger partial charge is 0.439 e. The minimum absolute atomic E-state index is 0.587. The van der Waals surface area contributed by atoms with Gasteiger partial charge in [0.25, 0.3) is 0 Å². The van der Waals surface area contributed by atoms with Crippen LogP contribution in [0.3, 0.4) is 0 Å². The zero-order chi connectivity index (χ0) is 23.1. The zero-order valence-electron chi connectivity index (χ0n) is 18.9. The second-order valence-corrected chi connectivity index (χ2v) is 8.45. The van der Waals surface area contributed by atoms with Gasteiger partial charge in [-0.25, -0.2) is 15.0 Å². The number of benzene rings is 3. The Balaban J connectivity index is 1.48. The van der Waals surface area contributed by atoms with E-state index in [0.717, 1.165) is 39.0 Å². The van der Waals surface area contributed by atoms with Crippen LogP contribution in [-0.4, -0.2) is 19.5 Å². The van der Waals surface area contributed by atoms with Gasteiger partial charge >= 0.3 is 0 Å². The number of hydrogen-bond acceptors (Lipinski definition) is 4. The maximum atomic E-state index is 6.02. The number of rotatable bonds is 4. The molecule has 3 aromatic carbocycles. The molecular formula is C29H22N4O. The van der Waals surface area contributed by atoms with Gasteiger partial charge in [0.05, 0.1) is 11.0 Å². The summed E-state index contributed by atoms with van der Waals surface area (Å²) in [6.07, 6.45) is 5.47. The Morgan fingerprint density at radius 1 is 0.647 bits per heavy atom. The van der Waals surface area contributed by atoms with E-state index in [-0.39, 0.29) is 0 Å². The summed E-state index contributed by atoms with van der Waals surface area (Å²) in [5, 5.41) is 2.34. The molecule has 0 spiro atoms. The molecule has 3 aromatic heterocycles. The first kappa shape index (κ1) is 20.1. The van der Waals surface area contributed by atoms with Gasteiger partial charge in [-0.05, 0) is 66.4 Å². The number of pyridine rings is 1. The van der Waals surface area contributed by atoms with Gasteiger partial charge in [-0.2, -0.15) is 0 Å². The van der Waals surface area contributed by atoms with Crippen molar-refractivity contribution in [1.82, 2.24) is 19.5 Å². The second-order valence-electron chi connectivity index (χ2n) is 8.45. The molecule has 0 aliphatic carbocycles. The normalized spacial score (nSPS) is 11.2. The monoisotopic (exact) mass is 442 g/mol. The average Bonchev–Trinajstić information content (AvgIpc) is 3.18. The SMILES string of the molecule is Cc1cnc(-n2c3ccccc3c3ccc(-c4cccc(Oc5cc(C)ccn5)c4)cc32)nc1. The highest BCUT2D eigenvalue weighted by Crippen LogP contribution is 2.35. The topological polar surface area (TPSA) is 52.8 Å². The number of para-hydroxylation sites is 1. The van der Waals surface area contributed by atoms with Gasteiger partial charge in [0, 0.05) is 35.4 Å². The fourth-order valence-corrected chi connectivity index (χ4v) is 4.29. The van der Waals surface area contributed by atoms with Crippen LogP contribution in [-0.2, 0) is 0 Å². The molecule has 0 saturated heterocycles. The quantitative estimate of drug-likeness (QED) is 0.294. The number of aromatic nitrogens is 4. The van der Waals surface area contributed by atoms with E-state index in [9.17, 15) is 0 Å². The van der Waals surface area contributed by atoms with Crippen LogP contribution < -0.4 is 4.74 Å². The summed E-state index contributed by atoms with van der Waals surface area (Å²) in [5.41, 5.74) is 6.44. The fourth-order valence-electron chi connectivity index (χ4n) is 4.29. The third-order valence-corrected chi connectivity index (χ3v) is 5.92. The van der Waals surface area contributed by atoms with E-state index in [1.54, 1.807) is 6.20 Å². The van der Waals surface area contributed by atoms with Crippen molar-refractivity contribution in [1.29, 1.82) is 0 Å². The number of aryl methyl sites for hydroxylation is 2. The molecule has 6 aromatic rings. The van der Waals surface area contributed by atoms with E-state index in [1.807, 2.05) is 62.6 Å². The number of fused-ring (bicyclic) bond motifs is 3. The Labute approximate surface area is 197 Å². The second kappa shape index (κ2) is 8.12. The van der Waals surface area contributed by atoms with E-state index in [1.165, 1.54) is 10.8 Å². The third-order valence-electron chi connectivity index (χ3n) is 5.92. The molecule has 0 aliphatic heterocycles.